The van der Waals surface area contributed by atoms with Gasteiger partial charge < -0.3 is 19.7 Å². The van der Waals surface area contributed by atoms with Crippen molar-refractivity contribution >= 4 is 51.2 Å². The van der Waals surface area contributed by atoms with Gasteiger partial charge in [-0.15, -0.1) is 11.8 Å². The number of benzene rings is 2. The van der Waals surface area contributed by atoms with Crippen molar-refractivity contribution in [2.45, 2.75) is 56.8 Å². The van der Waals surface area contributed by atoms with Crippen molar-refractivity contribution < 1.29 is 18.7 Å². The molecule has 224 valence electrons. The zero-order valence-corrected chi connectivity index (χ0v) is 25.9. The number of carbonyl (C=O) groups excluding carboxylic acids is 1. The van der Waals surface area contributed by atoms with E-state index in [4.69, 9.17) is 9.47 Å². The van der Waals surface area contributed by atoms with Crippen molar-refractivity contribution in [3.63, 3.8) is 0 Å². The van der Waals surface area contributed by atoms with Crippen LogP contribution < -0.4 is 10.1 Å². The number of carbonyl (C=O) groups is 1. The zero-order valence-electron chi connectivity index (χ0n) is 25.1. The van der Waals surface area contributed by atoms with Crippen molar-refractivity contribution in [3.05, 3.63) is 48.4 Å². The van der Waals surface area contributed by atoms with Crippen molar-refractivity contribution in [2.75, 3.05) is 44.6 Å². The standard InChI is InChI=1S/C31H39FN6O3S/c1-30(2,3)41-29(39)38-13-11-37(12-14-38)15-16-40-26-19-25-21(18-27(26)42-31(4,5)6)23(9-10-33-25)34-28-22-17-20(32)7-8-24(22)35-36-28/h7-10,17-19H,11-16H2,1-6H3,(H2,33,34,35,36). The second-order valence-electron chi connectivity index (χ2n) is 12.4. The first-order chi connectivity index (χ1) is 19.8. The lowest BCUT2D eigenvalue weighted by Crippen LogP contribution is -2.50. The molecule has 0 saturated carbocycles. The van der Waals surface area contributed by atoms with Gasteiger partial charge in [-0.1, -0.05) is 20.8 Å². The van der Waals surface area contributed by atoms with Crippen LogP contribution in [0.5, 0.6) is 5.75 Å². The summed E-state index contributed by atoms with van der Waals surface area (Å²) in [6.45, 7) is 16.2. The fourth-order valence-corrected chi connectivity index (χ4v) is 5.81. The van der Waals surface area contributed by atoms with Crippen LogP contribution in [0.2, 0.25) is 0 Å². The number of hydrogen-bond donors (Lipinski definition) is 2. The van der Waals surface area contributed by atoms with Crippen LogP contribution in [0.3, 0.4) is 0 Å². The largest absolute Gasteiger partial charge is 0.491 e. The van der Waals surface area contributed by atoms with Crippen LogP contribution in [-0.4, -0.2) is 80.8 Å². The molecule has 1 saturated heterocycles. The number of ether oxygens (including phenoxy) is 2. The lowest BCUT2D eigenvalue weighted by atomic mass is 10.1. The topological polar surface area (TPSA) is 95.6 Å². The van der Waals surface area contributed by atoms with Crippen LogP contribution in [0.4, 0.5) is 20.7 Å². The van der Waals surface area contributed by atoms with Crippen LogP contribution in [-0.2, 0) is 4.74 Å². The van der Waals surface area contributed by atoms with Crippen molar-refractivity contribution in [1.82, 2.24) is 25.0 Å². The van der Waals surface area contributed by atoms with Crippen LogP contribution in [0.15, 0.2) is 47.5 Å². The van der Waals surface area contributed by atoms with Crippen molar-refractivity contribution in [2.24, 2.45) is 0 Å². The van der Waals surface area contributed by atoms with E-state index >= 15 is 0 Å². The number of hydrogen-bond acceptors (Lipinski definition) is 8. The summed E-state index contributed by atoms with van der Waals surface area (Å²) in [5.74, 6) is 1.02. The summed E-state index contributed by atoms with van der Waals surface area (Å²) in [5.41, 5.74) is 1.86. The first-order valence-electron chi connectivity index (χ1n) is 14.2. The third-order valence-corrected chi connectivity index (χ3v) is 7.84. The molecule has 2 aromatic heterocycles. The minimum Gasteiger partial charge on any atom is -0.491 e. The van der Waals surface area contributed by atoms with Gasteiger partial charge >= 0.3 is 6.09 Å². The molecule has 1 aliphatic rings. The van der Waals surface area contributed by atoms with Gasteiger partial charge in [-0.2, -0.15) is 5.10 Å². The second kappa shape index (κ2) is 12.0. The Balaban J connectivity index is 1.30. The summed E-state index contributed by atoms with van der Waals surface area (Å²) in [6, 6.07) is 10.5. The molecule has 0 radical (unpaired) electrons. The molecule has 0 bridgehead atoms. The summed E-state index contributed by atoms with van der Waals surface area (Å²) in [5, 5.41) is 12.3. The van der Waals surface area contributed by atoms with Gasteiger partial charge in [-0.25, -0.2) is 9.18 Å². The lowest BCUT2D eigenvalue weighted by Gasteiger charge is -2.35. The van der Waals surface area contributed by atoms with Gasteiger partial charge in [0.1, 0.15) is 23.8 Å². The Hall–Kier alpha value is -3.57. The van der Waals surface area contributed by atoms with Gasteiger partial charge in [0, 0.05) is 60.5 Å². The maximum atomic E-state index is 13.9. The molecule has 2 N–H and O–H groups in total. The number of rotatable bonds is 7. The number of amides is 1. The van der Waals surface area contributed by atoms with Gasteiger partial charge in [-0.05, 0) is 51.1 Å². The van der Waals surface area contributed by atoms with E-state index in [1.54, 1.807) is 28.9 Å². The van der Waals surface area contributed by atoms with Crippen LogP contribution in [0.1, 0.15) is 41.5 Å². The summed E-state index contributed by atoms with van der Waals surface area (Å²) >= 11 is 1.73. The first-order valence-corrected chi connectivity index (χ1v) is 15.0. The van der Waals surface area contributed by atoms with E-state index in [2.05, 4.69) is 52.2 Å². The highest BCUT2D eigenvalue weighted by Crippen LogP contribution is 2.41. The SMILES string of the molecule is CC(C)(C)OC(=O)N1CCN(CCOc2cc3nccc(Nc4n[nH]c5ccc(F)cc45)c3cc2SC(C)(C)C)CC1. The lowest BCUT2D eigenvalue weighted by molar-refractivity contribution is 0.0136. The summed E-state index contributed by atoms with van der Waals surface area (Å²) in [4.78, 5) is 22.1. The monoisotopic (exact) mass is 594 g/mol. The van der Waals surface area contributed by atoms with E-state index in [1.165, 1.54) is 12.1 Å². The summed E-state index contributed by atoms with van der Waals surface area (Å²) < 4.78 is 25.8. The number of thioether (sulfide) groups is 1. The second-order valence-corrected chi connectivity index (χ2v) is 14.3. The van der Waals surface area contributed by atoms with Gasteiger partial charge in [0.05, 0.1) is 21.6 Å². The molecule has 1 aliphatic heterocycles. The smallest absolute Gasteiger partial charge is 0.410 e. The summed E-state index contributed by atoms with van der Waals surface area (Å²) in [6.07, 6.45) is 1.48. The van der Waals surface area contributed by atoms with E-state index in [1.807, 2.05) is 32.9 Å². The number of piperazine rings is 1. The number of H-pyrrole nitrogens is 1. The zero-order chi connectivity index (χ0) is 30.1. The third kappa shape index (κ3) is 7.43. The fraction of sp³-hybridized carbons (Fsp3) is 0.452. The number of aromatic nitrogens is 3. The molecule has 9 nitrogen and oxygen atoms in total. The molecule has 2 aromatic carbocycles. The van der Waals surface area contributed by atoms with Gasteiger partial charge in [0.15, 0.2) is 5.82 Å². The number of fused-ring (bicyclic) bond motifs is 2. The maximum absolute atomic E-state index is 13.9. The molecule has 1 fully saturated rings. The molecule has 5 rings (SSSR count). The van der Waals surface area contributed by atoms with Gasteiger partial charge in [0.2, 0.25) is 0 Å². The number of halogens is 1. The Morgan fingerprint density at radius 1 is 1.05 bits per heavy atom. The molecule has 1 amide bonds. The molecule has 0 atom stereocenters. The molecular formula is C31H39FN6O3S. The number of pyridine rings is 1. The first kappa shape index (κ1) is 29.9. The molecule has 0 aliphatic carbocycles. The Labute approximate surface area is 250 Å². The van der Waals surface area contributed by atoms with E-state index < -0.39 is 5.60 Å². The molecule has 11 heteroatoms. The predicted molar refractivity (Wildman–Crippen MR) is 166 cm³/mol. The molecule has 4 aromatic rings. The van der Waals surface area contributed by atoms with E-state index in [-0.39, 0.29) is 16.7 Å². The number of anilines is 2. The van der Waals surface area contributed by atoms with Crippen LogP contribution in [0, 0.1) is 5.82 Å². The van der Waals surface area contributed by atoms with Crippen LogP contribution in [0.25, 0.3) is 21.8 Å². The van der Waals surface area contributed by atoms with Crippen molar-refractivity contribution in [3.8, 4) is 5.75 Å². The Bertz CT molecular complexity index is 1570. The molecule has 0 unspecified atom stereocenters. The highest BCUT2D eigenvalue weighted by molar-refractivity contribution is 8.00. The molecule has 0 spiro atoms. The predicted octanol–water partition coefficient (Wildman–Crippen LogP) is 6.82. The van der Waals surface area contributed by atoms with Crippen molar-refractivity contribution in [1.29, 1.82) is 0 Å². The van der Waals surface area contributed by atoms with Gasteiger partial charge in [-0.3, -0.25) is 15.0 Å². The highest BCUT2D eigenvalue weighted by Gasteiger charge is 2.26. The summed E-state index contributed by atoms with van der Waals surface area (Å²) in [7, 11) is 0. The van der Waals surface area contributed by atoms with E-state index in [0.717, 1.165) is 52.4 Å². The highest BCUT2D eigenvalue weighted by atomic mass is 32.2. The number of nitrogens with zero attached hydrogens (tertiary/aromatic N) is 4. The normalized spacial score (nSPS) is 14.9. The van der Waals surface area contributed by atoms with Gasteiger partial charge in [0.25, 0.3) is 0 Å². The average Bonchev–Trinajstić information content (AvgIpc) is 3.29. The quantitative estimate of drug-likeness (QED) is 0.225. The molecule has 42 heavy (non-hydrogen) atoms. The molecule has 3 heterocycles. The number of aromatic amines is 1. The minimum absolute atomic E-state index is 0.0461. The number of nitrogens with one attached hydrogen (secondary N) is 2. The van der Waals surface area contributed by atoms with Crippen LogP contribution >= 0.6 is 11.8 Å². The average molecular weight is 595 g/mol. The van der Waals surface area contributed by atoms with E-state index in [0.29, 0.717) is 30.9 Å². The maximum Gasteiger partial charge on any atom is 0.410 e. The Kier molecular flexibility index (Phi) is 8.52. The fourth-order valence-electron chi connectivity index (χ4n) is 4.76. The molecular weight excluding hydrogens is 555 g/mol. The minimum atomic E-state index is -0.497. The third-order valence-electron chi connectivity index (χ3n) is 6.69. The Morgan fingerprint density at radius 2 is 1.81 bits per heavy atom. The van der Waals surface area contributed by atoms with E-state index in [9.17, 15) is 9.18 Å². The Morgan fingerprint density at radius 3 is 2.52 bits per heavy atom.